The van der Waals surface area contributed by atoms with E-state index in [0.717, 1.165) is 30.0 Å². The average Bonchev–Trinajstić information content (AvgIpc) is 2.69. The predicted molar refractivity (Wildman–Crippen MR) is 75.0 cm³/mol. The summed E-state index contributed by atoms with van der Waals surface area (Å²) in [6.45, 7) is 1.99. The molecular weight excluding hydrogens is 240 g/mol. The lowest BCUT2D eigenvalue weighted by Gasteiger charge is -2.36. The Bertz CT molecular complexity index is 570. The third-order valence-electron chi connectivity index (χ3n) is 3.48. The molecule has 3 rings (SSSR count). The molecule has 0 atom stereocenters. The van der Waals surface area contributed by atoms with E-state index in [0.29, 0.717) is 11.9 Å². The summed E-state index contributed by atoms with van der Waals surface area (Å²) in [7, 11) is 3.93. The van der Waals surface area contributed by atoms with Gasteiger partial charge in [-0.2, -0.15) is 5.10 Å². The number of nitrogens with zero attached hydrogens (tertiary/aromatic N) is 3. The maximum atomic E-state index is 5.96. The fourth-order valence-corrected chi connectivity index (χ4v) is 2.29. The van der Waals surface area contributed by atoms with Gasteiger partial charge in [-0.25, -0.2) is 0 Å². The van der Waals surface area contributed by atoms with Gasteiger partial charge in [0.05, 0.1) is 6.20 Å². The smallest absolute Gasteiger partial charge is 0.129 e. The van der Waals surface area contributed by atoms with Crippen LogP contribution in [-0.4, -0.2) is 40.9 Å². The van der Waals surface area contributed by atoms with Gasteiger partial charge < -0.3 is 10.5 Å². The van der Waals surface area contributed by atoms with Crippen molar-refractivity contribution >= 4 is 5.82 Å². The zero-order valence-corrected chi connectivity index (χ0v) is 11.2. The van der Waals surface area contributed by atoms with Gasteiger partial charge in [-0.15, -0.1) is 0 Å². The molecule has 2 N–H and O–H groups in total. The maximum absolute atomic E-state index is 5.96. The zero-order chi connectivity index (χ0) is 13.4. The van der Waals surface area contributed by atoms with Crippen molar-refractivity contribution in [2.24, 2.45) is 7.05 Å². The molecule has 5 heteroatoms. The number of nitrogens with two attached hydrogens (primary N) is 1. The van der Waals surface area contributed by atoms with E-state index in [2.05, 4.69) is 17.0 Å². The van der Waals surface area contributed by atoms with Gasteiger partial charge in [0, 0.05) is 25.7 Å². The lowest BCUT2D eigenvalue weighted by Crippen LogP contribution is -2.51. The van der Waals surface area contributed by atoms with Crippen LogP contribution in [0.25, 0.3) is 11.1 Å². The number of ether oxygens (including phenoxy) is 1. The first-order chi connectivity index (χ1) is 9.13. The van der Waals surface area contributed by atoms with Gasteiger partial charge in [-0.3, -0.25) is 9.58 Å². The molecule has 19 heavy (non-hydrogen) atoms. The van der Waals surface area contributed by atoms with Crippen molar-refractivity contribution in [1.82, 2.24) is 14.7 Å². The molecule has 5 nitrogen and oxygen atoms in total. The van der Waals surface area contributed by atoms with Gasteiger partial charge >= 0.3 is 0 Å². The molecule has 1 aromatic carbocycles. The molecule has 1 saturated heterocycles. The molecule has 0 saturated carbocycles. The molecule has 1 aliphatic rings. The number of anilines is 1. The van der Waals surface area contributed by atoms with Crippen LogP contribution >= 0.6 is 0 Å². The molecule has 0 bridgehead atoms. The van der Waals surface area contributed by atoms with Crippen LogP contribution in [0.4, 0.5) is 5.82 Å². The monoisotopic (exact) mass is 258 g/mol. The summed E-state index contributed by atoms with van der Waals surface area (Å²) in [5.74, 6) is 1.58. The van der Waals surface area contributed by atoms with Gasteiger partial charge in [0.2, 0.25) is 0 Å². The standard InChI is InChI=1S/C14H18N4O/c1-17-8-12(9-17)19-11-5-3-10(4-6-11)13-7-16-18(2)14(13)15/h3-7,12H,8-9,15H2,1-2H3. The Hall–Kier alpha value is -2.01. The summed E-state index contributed by atoms with van der Waals surface area (Å²) < 4.78 is 7.52. The van der Waals surface area contributed by atoms with Crippen molar-refractivity contribution in [2.75, 3.05) is 25.9 Å². The maximum Gasteiger partial charge on any atom is 0.129 e. The minimum Gasteiger partial charge on any atom is -0.488 e. The van der Waals surface area contributed by atoms with Gasteiger partial charge in [0.15, 0.2) is 0 Å². The second-order valence-electron chi connectivity index (χ2n) is 5.05. The first-order valence-corrected chi connectivity index (χ1v) is 6.36. The summed E-state index contributed by atoms with van der Waals surface area (Å²) in [6.07, 6.45) is 2.10. The highest BCUT2D eigenvalue weighted by molar-refractivity contribution is 5.73. The Morgan fingerprint density at radius 2 is 1.89 bits per heavy atom. The molecule has 0 aliphatic carbocycles. The Labute approximate surface area is 112 Å². The van der Waals surface area contributed by atoms with Crippen molar-refractivity contribution < 1.29 is 4.74 Å². The van der Waals surface area contributed by atoms with E-state index in [9.17, 15) is 0 Å². The highest BCUT2D eigenvalue weighted by Gasteiger charge is 2.24. The summed E-state index contributed by atoms with van der Waals surface area (Å²) in [5, 5.41) is 4.15. The van der Waals surface area contributed by atoms with Crippen molar-refractivity contribution in [3.63, 3.8) is 0 Å². The number of hydrogen-bond donors (Lipinski definition) is 1. The van der Waals surface area contributed by atoms with Crippen LogP contribution in [0.1, 0.15) is 0 Å². The zero-order valence-electron chi connectivity index (χ0n) is 11.2. The highest BCUT2D eigenvalue weighted by atomic mass is 16.5. The average molecular weight is 258 g/mol. The van der Waals surface area contributed by atoms with E-state index in [1.165, 1.54) is 0 Å². The molecule has 2 aromatic rings. The molecule has 1 aromatic heterocycles. The Morgan fingerprint density at radius 1 is 1.21 bits per heavy atom. The fraction of sp³-hybridized carbons (Fsp3) is 0.357. The van der Waals surface area contributed by atoms with Crippen LogP contribution in [0, 0.1) is 0 Å². The number of likely N-dealkylation sites (N-methyl/N-ethyl adjacent to an activating group) is 1. The molecule has 0 amide bonds. The van der Waals surface area contributed by atoms with Gasteiger partial charge in [-0.05, 0) is 24.7 Å². The molecular formula is C14H18N4O. The van der Waals surface area contributed by atoms with Gasteiger partial charge in [0.25, 0.3) is 0 Å². The third-order valence-corrected chi connectivity index (χ3v) is 3.48. The lowest BCUT2D eigenvalue weighted by atomic mass is 10.1. The van der Waals surface area contributed by atoms with E-state index in [-0.39, 0.29) is 0 Å². The van der Waals surface area contributed by atoms with E-state index < -0.39 is 0 Å². The van der Waals surface area contributed by atoms with Crippen LogP contribution in [0.3, 0.4) is 0 Å². The quantitative estimate of drug-likeness (QED) is 0.903. The van der Waals surface area contributed by atoms with Crippen molar-refractivity contribution in [2.45, 2.75) is 6.10 Å². The lowest BCUT2D eigenvalue weighted by molar-refractivity contribution is 0.0388. The van der Waals surface area contributed by atoms with Gasteiger partial charge in [-0.1, -0.05) is 12.1 Å². The Kier molecular flexibility index (Phi) is 2.91. The Morgan fingerprint density at radius 3 is 2.42 bits per heavy atom. The van der Waals surface area contributed by atoms with Crippen LogP contribution < -0.4 is 10.5 Å². The molecule has 1 fully saturated rings. The summed E-state index contributed by atoms with van der Waals surface area (Å²) in [5.41, 5.74) is 7.98. The summed E-state index contributed by atoms with van der Waals surface area (Å²) in [6, 6.07) is 8.01. The normalized spacial score (nSPS) is 16.3. The first-order valence-electron chi connectivity index (χ1n) is 6.36. The topological polar surface area (TPSA) is 56.3 Å². The minimum atomic E-state index is 0.319. The van der Waals surface area contributed by atoms with E-state index in [1.54, 1.807) is 10.9 Å². The van der Waals surface area contributed by atoms with E-state index in [4.69, 9.17) is 10.5 Å². The van der Waals surface area contributed by atoms with Gasteiger partial charge in [0.1, 0.15) is 17.7 Å². The number of aryl methyl sites for hydroxylation is 1. The first kappa shape index (κ1) is 12.0. The highest BCUT2D eigenvalue weighted by Crippen LogP contribution is 2.27. The SMILES string of the molecule is CN1CC(Oc2ccc(-c3cnn(C)c3N)cc2)C1. The summed E-state index contributed by atoms with van der Waals surface area (Å²) in [4.78, 5) is 2.23. The van der Waals surface area contributed by atoms with Crippen LogP contribution in [-0.2, 0) is 7.05 Å². The molecule has 0 spiro atoms. The number of likely N-dealkylation sites (tertiary alicyclic amines) is 1. The van der Waals surface area contributed by atoms with Crippen molar-refractivity contribution in [1.29, 1.82) is 0 Å². The Balaban J connectivity index is 1.73. The van der Waals surface area contributed by atoms with Crippen molar-refractivity contribution in [3.05, 3.63) is 30.5 Å². The van der Waals surface area contributed by atoms with Crippen LogP contribution in [0.2, 0.25) is 0 Å². The third kappa shape index (κ3) is 2.29. The summed E-state index contributed by atoms with van der Waals surface area (Å²) >= 11 is 0. The van der Waals surface area contributed by atoms with Crippen LogP contribution in [0.15, 0.2) is 30.5 Å². The minimum absolute atomic E-state index is 0.319. The van der Waals surface area contributed by atoms with Crippen molar-refractivity contribution in [3.8, 4) is 16.9 Å². The second-order valence-corrected chi connectivity index (χ2v) is 5.05. The van der Waals surface area contributed by atoms with E-state index in [1.807, 2.05) is 31.3 Å². The molecule has 2 heterocycles. The molecule has 1 aliphatic heterocycles. The fourth-order valence-electron chi connectivity index (χ4n) is 2.29. The predicted octanol–water partition coefficient (Wildman–Crippen LogP) is 1.36. The number of rotatable bonds is 3. The molecule has 100 valence electrons. The number of hydrogen-bond acceptors (Lipinski definition) is 4. The second kappa shape index (κ2) is 4.59. The van der Waals surface area contributed by atoms with E-state index >= 15 is 0 Å². The molecule has 0 radical (unpaired) electrons. The largest absolute Gasteiger partial charge is 0.488 e. The number of nitrogen functional groups attached to an aromatic ring is 1. The van der Waals surface area contributed by atoms with Crippen LogP contribution in [0.5, 0.6) is 5.75 Å². The molecule has 0 unspecified atom stereocenters. The number of aromatic nitrogens is 2. The number of benzene rings is 1.